The van der Waals surface area contributed by atoms with Gasteiger partial charge in [-0.1, -0.05) is 15.9 Å². The number of H-pyrrole nitrogens is 1. The number of aromatic nitrogens is 1. The monoisotopic (exact) mass is 374 g/mol. The summed E-state index contributed by atoms with van der Waals surface area (Å²) < 4.78 is 6.17. The minimum atomic E-state index is -0.301. The lowest BCUT2D eigenvalue weighted by Crippen LogP contribution is -2.06. The molecule has 4 nitrogen and oxygen atoms in total. The standard InChI is InChI=1S/C18H19BrN2O2/c1-4-23-18(22)17-10(2)14(11(3)21-17)7-12-9-20-16-6-5-13(19)8-15(12)16/h5-8,20-21H,4,9H2,1-3H3/b12-7-. The van der Waals surface area contributed by atoms with Crippen LogP contribution in [0.15, 0.2) is 22.7 Å². The first-order chi connectivity index (χ1) is 11.0. The van der Waals surface area contributed by atoms with Crippen molar-refractivity contribution in [1.82, 2.24) is 4.98 Å². The van der Waals surface area contributed by atoms with Crippen molar-refractivity contribution in [2.24, 2.45) is 0 Å². The Labute approximate surface area is 144 Å². The number of rotatable bonds is 3. The Balaban J connectivity index is 2.02. The fraction of sp³-hybridized carbons (Fsp3) is 0.278. The van der Waals surface area contributed by atoms with Crippen LogP contribution >= 0.6 is 15.9 Å². The predicted octanol–water partition coefficient (Wildman–Crippen LogP) is 4.54. The lowest BCUT2D eigenvalue weighted by molar-refractivity contribution is 0.0519. The zero-order valence-corrected chi connectivity index (χ0v) is 15.0. The molecule has 1 aromatic heterocycles. The summed E-state index contributed by atoms with van der Waals surface area (Å²) in [5.74, 6) is -0.301. The fourth-order valence-electron chi connectivity index (χ4n) is 2.91. The molecule has 0 atom stereocenters. The number of hydrogen-bond donors (Lipinski definition) is 2. The molecule has 1 aromatic carbocycles. The van der Waals surface area contributed by atoms with E-state index in [0.29, 0.717) is 12.3 Å². The van der Waals surface area contributed by atoms with Crippen LogP contribution in [0, 0.1) is 13.8 Å². The quantitative estimate of drug-likeness (QED) is 0.775. The minimum absolute atomic E-state index is 0.301. The van der Waals surface area contributed by atoms with Gasteiger partial charge in [-0.15, -0.1) is 0 Å². The Hall–Kier alpha value is -2.01. The van der Waals surface area contributed by atoms with Crippen molar-refractivity contribution < 1.29 is 9.53 Å². The van der Waals surface area contributed by atoms with Crippen molar-refractivity contribution in [3.05, 3.63) is 50.8 Å². The largest absolute Gasteiger partial charge is 0.461 e. The first-order valence-corrected chi connectivity index (χ1v) is 8.41. The average molecular weight is 375 g/mol. The molecule has 0 aliphatic carbocycles. The Morgan fingerprint density at radius 1 is 1.39 bits per heavy atom. The van der Waals surface area contributed by atoms with E-state index in [0.717, 1.165) is 33.5 Å². The molecule has 2 N–H and O–H groups in total. The molecule has 0 saturated heterocycles. The van der Waals surface area contributed by atoms with E-state index in [1.165, 1.54) is 11.1 Å². The number of esters is 1. The smallest absolute Gasteiger partial charge is 0.355 e. The number of hydrogen-bond acceptors (Lipinski definition) is 3. The maximum atomic E-state index is 12.0. The summed E-state index contributed by atoms with van der Waals surface area (Å²) in [6.07, 6.45) is 2.15. The molecule has 0 radical (unpaired) electrons. The lowest BCUT2D eigenvalue weighted by Gasteiger charge is -2.02. The van der Waals surface area contributed by atoms with Crippen molar-refractivity contribution >= 4 is 39.2 Å². The molecule has 0 fully saturated rings. The zero-order chi connectivity index (χ0) is 16.6. The van der Waals surface area contributed by atoms with Crippen LogP contribution in [0.3, 0.4) is 0 Å². The lowest BCUT2D eigenvalue weighted by atomic mass is 10.0. The summed E-state index contributed by atoms with van der Waals surface area (Å²) in [5, 5.41) is 3.40. The number of aryl methyl sites for hydroxylation is 1. The molecule has 1 aliphatic heterocycles. The van der Waals surface area contributed by atoms with Crippen LogP contribution < -0.4 is 5.32 Å². The second-order valence-electron chi connectivity index (χ2n) is 5.60. The van der Waals surface area contributed by atoms with E-state index in [-0.39, 0.29) is 5.97 Å². The molecular weight excluding hydrogens is 356 g/mol. The number of ether oxygens (including phenoxy) is 1. The van der Waals surface area contributed by atoms with Crippen LogP contribution in [-0.4, -0.2) is 24.1 Å². The second kappa shape index (κ2) is 6.24. The van der Waals surface area contributed by atoms with E-state index in [9.17, 15) is 4.79 Å². The topological polar surface area (TPSA) is 54.1 Å². The van der Waals surface area contributed by atoms with E-state index >= 15 is 0 Å². The average Bonchev–Trinajstić information content (AvgIpc) is 3.03. The third-order valence-electron chi connectivity index (χ3n) is 4.09. The van der Waals surface area contributed by atoms with Gasteiger partial charge >= 0.3 is 5.97 Å². The molecule has 0 amide bonds. The zero-order valence-electron chi connectivity index (χ0n) is 13.4. The van der Waals surface area contributed by atoms with Gasteiger partial charge in [-0.25, -0.2) is 4.79 Å². The number of carbonyl (C=O) groups is 1. The number of anilines is 1. The van der Waals surface area contributed by atoms with Crippen LogP contribution in [0.1, 0.15) is 39.8 Å². The van der Waals surface area contributed by atoms with Gasteiger partial charge in [-0.3, -0.25) is 0 Å². The Morgan fingerprint density at radius 3 is 2.91 bits per heavy atom. The molecule has 3 rings (SSSR count). The normalized spacial score (nSPS) is 14.7. The Morgan fingerprint density at radius 2 is 2.17 bits per heavy atom. The van der Waals surface area contributed by atoms with Crippen LogP contribution in [0.5, 0.6) is 0 Å². The maximum absolute atomic E-state index is 12.0. The van der Waals surface area contributed by atoms with Gasteiger partial charge in [0.2, 0.25) is 0 Å². The fourth-order valence-corrected chi connectivity index (χ4v) is 3.27. The molecule has 0 bridgehead atoms. The highest BCUT2D eigenvalue weighted by Crippen LogP contribution is 2.35. The highest BCUT2D eigenvalue weighted by atomic mass is 79.9. The SMILES string of the molecule is CCOC(=O)c1[nH]c(C)c(/C=C2/CNc3ccc(Br)cc32)c1C. The summed E-state index contributed by atoms with van der Waals surface area (Å²) in [5.41, 5.74) is 7.03. The van der Waals surface area contributed by atoms with Crippen molar-refractivity contribution in [3.63, 3.8) is 0 Å². The molecular formula is C18H19BrN2O2. The molecule has 0 spiro atoms. The van der Waals surface area contributed by atoms with Gasteiger partial charge in [0.05, 0.1) is 6.61 Å². The van der Waals surface area contributed by atoms with E-state index < -0.39 is 0 Å². The number of aromatic amines is 1. The summed E-state index contributed by atoms with van der Waals surface area (Å²) in [6.45, 7) is 6.90. The molecule has 2 heterocycles. The third-order valence-corrected chi connectivity index (χ3v) is 4.58. The number of halogens is 1. The third kappa shape index (κ3) is 2.93. The van der Waals surface area contributed by atoms with E-state index in [4.69, 9.17) is 4.74 Å². The maximum Gasteiger partial charge on any atom is 0.355 e. The highest BCUT2D eigenvalue weighted by molar-refractivity contribution is 9.10. The van der Waals surface area contributed by atoms with Crippen LogP contribution in [0.2, 0.25) is 0 Å². The summed E-state index contributed by atoms with van der Waals surface area (Å²) >= 11 is 3.52. The van der Waals surface area contributed by atoms with Gasteiger partial charge < -0.3 is 15.0 Å². The molecule has 1 aliphatic rings. The van der Waals surface area contributed by atoms with Gasteiger partial charge in [0.25, 0.3) is 0 Å². The molecule has 23 heavy (non-hydrogen) atoms. The Kier molecular flexibility index (Phi) is 4.31. The molecule has 120 valence electrons. The highest BCUT2D eigenvalue weighted by Gasteiger charge is 2.20. The van der Waals surface area contributed by atoms with Crippen molar-refractivity contribution in [1.29, 1.82) is 0 Å². The second-order valence-corrected chi connectivity index (χ2v) is 6.51. The molecule has 0 saturated carbocycles. The van der Waals surface area contributed by atoms with Crippen molar-refractivity contribution in [3.8, 4) is 0 Å². The van der Waals surface area contributed by atoms with Gasteiger partial charge in [0.15, 0.2) is 0 Å². The predicted molar refractivity (Wildman–Crippen MR) is 96.7 cm³/mol. The van der Waals surface area contributed by atoms with Gasteiger partial charge in [0.1, 0.15) is 5.69 Å². The first kappa shape index (κ1) is 15.9. The minimum Gasteiger partial charge on any atom is -0.461 e. The number of fused-ring (bicyclic) bond motifs is 1. The summed E-state index contributed by atoms with van der Waals surface area (Å²) in [4.78, 5) is 15.2. The van der Waals surface area contributed by atoms with Crippen molar-refractivity contribution in [2.45, 2.75) is 20.8 Å². The van der Waals surface area contributed by atoms with Gasteiger partial charge in [-0.05, 0) is 61.7 Å². The summed E-state index contributed by atoms with van der Waals surface area (Å²) in [7, 11) is 0. The van der Waals surface area contributed by atoms with E-state index in [1.807, 2.05) is 26.8 Å². The first-order valence-electron chi connectivity index (χ1n) is 7.62. The van der Waals surface area contributed by atoms with Crippen molar-refractivity contribution in [2.75, 3.05) is 18.5 Å². The number of benzene rings is 1. The summed E-state index contributed by atoms with van der Waals surface area (Å²) in [6, 6.07) is 6.21. The molecule has 0 unspecified atom stereocenters. The van der Waals surface area contributed by atoms with Crippen LogP contribution in [0.25, 0.3) is 11.6 Å². The van der Waals surface area contributed by atoms with E-state index in [2.05, 4.69) is 44.4 Å². The molecule has 2 aromatic rings. The van der Waals surface area contributed by atoms with Crippen LogP contribution in [-0.2, 0) is 4.74 Å². The molecule has 5 heteroatoms. The number of nitrogens with one attached hydrogen (secondary N) is 2. The van der Waals surface area contributed by atoms with Gasteiger partial charge in [-0.2, -0.15) is 0 Å². The Bertz CT molecular complexity index is 806. The van der Waals surface area contributed by atoms with Gasteiger partial charge in [0, 0.05) is 28.0 Å². The van der Waals surface area contributed by atoms with E-state index in [1.54, 1.807) is 0 Å². The number of carbonyl (C=O) groups excluding carboxylic acids is 1. The van der Waals surface area contributed by atoms with Crippen LogP contribution in [0.4, 0.5) is 5.69 Å².